The van der Waals surface area contributed by atoms with Crippen molar-refractivity contribution >= 4 is 18.9 Å². The van der Waals surface area contributed by atoms with E-state index >= 15 is 0 Å². The average Bonchev–Trinajstić information content (AvgIpc) is 1.88. The molecule has 46 valence electrons. The quantitative estimate of drug-likeness (QED) is 0.352. The van der Waals surface area contributed by atoms with Crippen molar-refractivity contribution in [2.24, 2.45) is 0 Å². The van der Waals surface area contributed by atoms with Crippen LogP contribution in [0.3, 0.4) is 0 Å². The van der Waals surface area contributed by atoms with E-state index in [2.05, 4.69) is 22.6 Å². The summed E-state index contributed by atoms with van der Waals surface area (Å²) < 4.78 is 0. The van der Waals surface area contributed by atoms with Gasteiger partial charge >= 0.3 is 0 Å². The maximum Gasteiger partial charge on any atom is 0.185 e. The van der Waals surface area contributed by atoms with Crippen LogP contribution in [0.1, 0.15) is 10.5 Å². The van der Waals surface area contributed by atoms with Crippen molar-refractivity contribution in [2.45, 2.75) is 5.16 Å². The van der Waals surface area contributed by atoms with Crippen molar-refractivity contribution in [2.75, 3.05) is 0 Å². The Balaban J connectivity index is 3.07. The van der Waals surface area contributed by atoms with Gasteiger partial charge in [0.25, 0.3) is 0 Å². The highest BCUT2D eigenvalue weighted by Gasteiger charge is 1.89. The second kappa shape index (κ2) is 2.59. The molecule has 0 aromatic carbocycles. The average molecular weight is 140 g/mol. The van der Waals surface area contributed by atoms with Gasteiger partial charge in [0, 0.05) is 6.20 Å². The highest BCUT2D eigenvalue weighted by molar-refractivity contribution is 7.80. The molecule has 0 aliphatic carbocycles. The van der Waals surface area contributed by atoms with Crippen LogP contribution in [0.15, 0.2) is 17.4 Å². The molecule has 0 aliphatic rings. The molecule has 0 saturated heterocycles. The van der Waals surface area contributed by atoms with Crippen molar-refractivity contribution in [3.05, 3.63) is 18.0 Å². The van der Waals surface area contributed by atoms with Crippen LogP contribution < -0.4 is 0 Å². The number of thiol groups is 1. The number of carbonyl (C=O) groups excluding carboxylic acids is 1. The van der Waals surface area contributed by atoms with Crippen LogP contribution in [0.4, 0.5) is 0 Å². The van der Waals surface area contributed by atoms with Gasteiger partial charge < -0.3 is 0 Å². The number of hydrogen-bond donors (Lipinski definition) is 1. The first-order valence-corrected chi connectivity index (χ1v) is 2.75. The normalized spacial score (nSPS) is 9.00. The lowest BCUT2D eigenvalue weighted by Gasteiger charge is -1.87. The molecule has 1 aromatic rings. The third-order valence-electron chi connectivity index (χ3n) is 0.785. The van der Waals surface area contributed by atoms with Gasteiger partial charge in [-0.1, -0.05) is 0 Å². The molecular formula is C5H4N2OS. The third-order valence-corrected chi connectivity index (χ3v) is 1.00. The fourth-order valence-electron chi connectivity index (χ4n) is 0.428. The predicted molar refractivity (Wildman–Crippen MR) is 34.7 cm³/mol. The maximum absolute atomic E-state index is 10.0. The Morgan fingerprint density at radius 2 is 2.44 bits per heavy atom. The van der Waals surface area contributed by atoms with Crippen LogP contribution >= 0.6 is 12.6 Å². The number of aldehydes is 1. The lowest BCUT2D eigenvalue weighted by molar-refractivity contribution is 0.111. The van der Waals surface area contributed by atoms with Crippen molar-refractivity contribution < 1.29 is 4.79 Å². The standard InChI is InChI=1S/C5H4N2OS/c8-3-4-1-2-6-5(9)7-4/h1-3H,(H,6,7,9). The Hall–Kier alpha value is -0.900. The fraction of sp³-hybridized carbons (Fsp3) is 0. The van der Waals surface area contributed by atoms with Gasteiger partial charge in [0.2, 0.25) is 0 Å². The molecule has 4 heteroatoms. The summed E-state index contributed by atoms with van der Waals surface area (Å²) in [5, 5.41) is 0.319. The summed E-state index contributed by atoms with van der Waals surface area (Å²) in [4.78, 5) is 17.4. The SMILES string of the molecule is O=Cc1ccnc(S)n1. The van der Waals surface area contributed by atoms with Gasteiger partial charge in [0.05, 0.1) is 0 Å². The van der Waals surface area contributed by atoms with Crippen LogP contribution in [0.25, 0.3) is 0 Å². The second-order valence-corrected chi connectivity index (χ2v) is 1.80. The zero-order chi connectivity index (χ0) is 6.69. The molecule has 1 rings (SSSR count). The molecule has 9 heavy (non-hydrogen) atoms. The molecule has 0 radical (unpaired) electrons. The number of nitrogens with zero attached hydrogens (tertiary/aromatic N) is 2. The van der Waals surface area contributed by atoms with Crippen LogP contribution in [-0.2, 0) is 0 Å². The van der Waals surface area contributed by atoms with E-state index in [0.717, 1.165) is 0 Å². The Morgan fingerprint density at radius 1 is 1.67 bits per heavy atom. The molecule has 3 nitrogen and oxygen atoms in total. The van der Waals surface area contributed by atoms with Crippen LogP contribution in [0.5, 0.6) is 0 Å². The fourth-order valence-corrected chi connectivity index (χ4v) is 0.610. The zero-order valence-corrected chi connectivity index (χ0v) is 5.38. The highest BCUT2D eigenvalue weighted by atomic mass is 32.1. The van der Waals surface area contributed by atoms with E-state index in [-0.39, 0.29) is 0 Å². The van der Waals surface area contributed by atoms with Gasteiger partial charge in [-0.2, -0.15) is 0 Å². The topological polar surface area (TPSA) is 42.9 Å². The monoisotopic (exact) mass is 140 g/mol. The molecule has 0 unspecified atom stereocenters. The zero-order valence-electron chi connectivity index (χ0n) is 4.48. The molecule has 0 bridgehead atoms. The van der Waals surface area contributed by atoms with Crippen LogP contribution in [0.2, 0.25) is 0 Å². The highest BCUT2D eigenvalue weighted by Crippen LogP contribution is 1.95. The van der Waals surface area contributed by atoms with E-state index in [1.54, 1.807) is 0 Å². The molecule has 0 atom stereocenters. The largest absolute Gasteiger partial charge is 0.296 e. The minimum absolute atomic E-state index is 0.319. The van der Waals surface area contributed by atoms with Gasteiger partial charge in [-0.3, -0.25) is 4.79 Å². The second-order valence-electron chi connectivity index (χ2n) is 1.40. The van der Waals surface area contributed by atoms with Crippen molar-refractivity contribution in [3.8, 4) is 0 Å². The van der Waals surface area contributed by atoms with Gasteiger partial charge in [-0.05, 0) is 6.07 Å². The summed E-state index contributed by atoms with van der Waals surface area (Å²) in [5.74, 6) is 0. The minimum Gasteiger partial charge on any atom is -0.296 e. The Morgan fingerprint density at radius 3 is 2.89 bits per heavy atom. The molecule has 1 heterocycles. The minimum atomic E-state index is 0.319. The predicted octanol–water partition coefficient (Wildman–Crippen LogP) is 0.578. The van der Waals surface area contributed by atoms with Gasteiger partial charge in [-0.15, -0.1) is 12.6 Å². The molecule has 0 aliphatic heterocycles. The molecule has 0 amide bonds. The Labute approximate surface area is 57.6 Å². The summed E-state index contributed by atoms with van der Waals surface area (Å²) in [6.07, 6.45) is 2.14. The van der Waals surface area contributed by atoms with E-state index in [9.17, 15) is 4.79 Å². The third kappa shape index (κ3) is 1.50. The van der Waals surface area contributed by atoms with Crippen LogP contribution in [0, 0.1) is 0 Å². The lowest BCUT2D eigenvalue weighted by Crippen LogP contribution is -1.88. The van der Waals surface area contributed by atoms with Gasteiger partial charge in [0.15, 0.2) is 11.4 Å². The van der Waals surface area contributed by atoms with E-state index in [4.69, 9.17) is 0 Å². The molecule has 0 spiro atoms. The van der Waals surface area contributed by atoms with E-state index < -0.39 is 0 Å². The van der Waals surface area contributed by atoms with E-state index in [1.807, 2.05) is 0 Å². The summed E-state index contributed by atoms with van der Waals surface area (Å²) >= 11 is 3.83. The molecule has 0 N–H and O–H groups in total. The van der Waals surface area contributed by atoms with E-state index in [0.29, 0.717) is 17.1 Å². The molecule has 0 fully saturated rings. The smallest absolute Gasteiger partial charge is 0.185 e. The van der Waals surface area contributed by atoms with Crippen molar-refractivity contribution in [3.63, 3.8) is 0 Å². The summed E-state index contributed by atoms with van der Waals surface area (Å²) in [6, 6.07) is 1.52. The number of carbonyl (C=O) groups is 1. The first kappa shape index (κ1) is 6.22. The number of aromatic nitrogens is 2. The molecule has 0 saturated carbocycles. The number of hydrogen-bond acceptors (Lipinski definition) is 4. The summed E-state index contributed by atoms with van der Waals surface area (Å²) in [5.41, 5.74) is 0.356. The first-order valence-electron chi connectivity index (χ1n) is 2.30. The molecular weight excluding hydrogens is 136 g/mol. The van der Waals surface area contributed by atoms with Gasteiger partial charge in [-0.25, -0.2) is 9.97 Å². The Kier molecular flexibility index (Phi) is 1.79. The number of rotatable bonds is 1. The maximum atomic E-state index is 10.0. The van der Waals surface area contributed by atoms with Gasteiger partial charge in [0.1, 0.15) is 5.69 Å². The lowest BCUT2D eigenvalue weighted by atomic mass is 10.5. The Bertz CT molecular complexity index is 226. The van der Waals surface area contributed by atoms with Crippen molar-refractivity contribution in [1.29, 1.82) is 0 Å². The summed E-state index contributed by atoms with van der Waals surface area (Å²) in [6.45, 7) is 0. The van der Waals surface area contributed by atoms with Crippen molar-refractivity contribution in [1.82, 2.24) is 9.97 Å². The van der Waals surface area contributed by atoms with Crippen LogP contribution in [-0.4, -0.2) is 16.3 Å². The first-order chi connectivity index (χ1) is 4.33. The molecule has 1 aromatic heterocycles. The summed E-state index contributed by atoms with van der Waals surface area (Å²) in [7, 11) is 0. The van der Waals surface area contributed by atoms with E-state index in [1.165, 1.54) is 12.3 Å².